The number of aryl methyl sites for hydroxylation is 2. The van der Waals surface area contributed by atoms with Crippen LogP contribution in [-0.4, -0.2) is 28.3 Å². The van der Waals surface area contributed by atoms with Gasteiger partial charge in [-0.1, -0.05) is 17.7 Å². The van der Waals surface area contributed by atoms with Crippen LogP contribution in [0.1, 0.15) is 21.5 Å². The average Bonchev–Trinajstić information content (AvgIpc) is 2.66. The minimum atomic E-state index is -0.451. The lowest BCUT2D eigenvalue weighted by molar-refractivity contribution is 0.0601. The van der Waals surface area contributed by atoms with Gasteiger partial charge in [0.25, 0.3) is 0 Å². The minimum absolute atomic E-state index is 0.337. The number of nitrogens with one attached hydrogen (secondary N) is 2. The molecule has 0 aliphatic carbocycles. The lowest BCUT2D eigenvalue weighted by Gasteiger charge is -2.11. The second kappa shape index (κ2) is 8.01. The Morgan fingerprint density at radius 2 is 1.89 bits per heavy atom. The average molecular weight is 384 g/mol. The van der Waals surface area contributed by atoms with Crippen LogP contribution in [0.3, 0.4) is 0 Å². The maximum absolute atomic E-state index is 11.7. The molecular weight excluding hydrogens is 366 g/mol. The molecule has 2 N–H and O–H groups in total. The van der Waals surface area contributed by atoms with Crippen molar-refractivity contribution in [3.63, 3.8) is 0 Å². The summed E-state index contributed by atoms with van der Waals surface area (Å²) >= 11 is 6.20. The van der Waals surface area contributed by atoms with Crippen LogP contribution in [0.2, 0.25) is 5.02 Å². The topological polar surface area (TPSA) is 89.0 Å². The summed E-state index contributed by atoms with van der Waals surface area (Å²) in [6, 6.07) is 10.8. The van der Waals surface area contributed by atoms with E-state index in [2.05, 4.69) is 25.8 Å². The van der Waals surface area contributed by atoms with E-state index in [4.69, 9.17) is 16.3 Å². The van der Waals surface area contributed by atoms with Gasteiger partial charge < -0.3 is 15.4 Å². The fourth-order valence-corrected chi connectivity index (χ4v) is 2.53. The van der Waals surface area contributed by atoms with Gasteiger partial charge in [0.15, 0.2) is 5.82 Å². The van der Waals surface area contributed by atoms with Crippen molar-refractivity contribution in [2.45, 2.75) is 13.8 Å². The molecule has 0 atom stereocenters. The first kappa shape index (κ1) is 18.6. The van der Waals surface area contributed by atoms with Crippen molar-refractivity contribution >= 4 is 40.7 Å². The van der Waals surface area contributed by atoms with E-state index < -0.39 is 5.97 Å². The number of carbonyl (C=O) groups is 1. The van der Waals surface area contributed by atoms with Crippen LogP contribution in [0.5, 0.6) is 0 Å². The number of methoxy groups -OCH3 is 1. The summed E-state index contributed by atoms with van der Waals surface area (Å²) in [5.41, 5.74) is 4.11. The molecule has 0 saturated carbocycles. The molecule has 8 heteroatoms. The number of halogens is 1. The molecule has 0 bridgehead atoms. The Balaban J connectivity index is 1.82. The molecule has 0 aliphatic heterocycles. The number of aromatic nitrogens is 3. The van der Waals surface area contributed by atoms with E-state index in [0.29, 0.717) is 28.0 Å². The lowest BCUT2D eigenvalue weighted by Crippen LogP contribution is -2.05. The third-order valence-corrected chi connectivity index (χ3v) is 4.30. The number of rotatable bonds is 5. The van der Waals surface area contributed by atoms with E-state index in [0.717, 1.165) is 11.3 Å². The Morgan fingerprint density at radius 1 is 1.07 bits per heavy atom. The number of esters is 1. The highest BCUT2D eigenvalue weighted by Gasteiger charge is 2.10. The van der Waals surface area contributed by atoms with Gasteiger partial charge >= 0.3 is 5.97 Å². The van der Waals surface area contributed by atoms with Gasteiger partial charge in [0.2, 0.25) is 5.95 Å². The van der Waals surface area contributed by atoms with E-state index in [1.807, 2.05) is 32.0 Å². The van der Waals surface area contributed by atoms with Gasteiger partial charge in [-0.05, 0) is 55.3 Å². The molecule has 138 valence electrons. The van der Waals surface area contributed by atoms with Crippen molar-refractivity contribution < 1.29 is 9.53 Å². The van der Waals surface area contributed by atoms with Crippen molar-refractivity contribution in [3.8, 4) is 0 Å². The molecular formula is C19H18ClN5O2. The first-order valence-corrected chi connectivity index (χ1v) is 8.53. The highest BCUT2D eigenvalue weighted by atomic mass is 35.5. The fourth-order valence-electron chi connectivity index (χ4n) is 2.37. The fraction of sp³-hybridized carbons (Fsp3) is 0.158. The van der Waals surface area contributed by atoms with E-state index in [9.17, 15) is 4.79 Å². The molecule has 0 fully saturated rings. The van der Waals surface area contributed by atoms with Gasteiger partial charge in [-0.2, -0.15) is 10.1 Å². The summed E-state index contributed by atoms with van der Waals surface area (Å²) in [5, 5.41) is 14.5. The number of nitrogens with zero attached hydrogens (tertiary/aromatic N) is 3. The van der Waals surface area contributed by atoms with Crippen LogP contribution in [0.4, 0.5) is 23.1 Å². The Morgan fingerprint density at radius 3 is 2.63 bits per heavy atom. The third-order valence-electron chi connectivity index (χ3n) is 3.97. The molecule has 3 rings (SSSR count). The monoisotopic (exact) mass is 383 g/mol. The third kappa shape index (κ3) is 4.51. The predicted molar refractivity (Wildman–Crippen MR) is 105 cm³/mol. The number of hydrogen-bond donors (Lipinski definition) is 2. The molecule has 0 saturated heterocycles. The van der Waals surface area contributed by atoms with Gasteiger partial charge in [0, 0.05) is 5.69 Å². The molecule has 2 aromatic carbocycles. The lowest BCUT2D eigenvalue weighted by atomic mass is 10.1. The quantitative estimate of drug-likeness (QED) is 0.630. The zero-order valence-corrected chi connectivity index (χ0v) is 15.8. The highest BCUT2D eigenvalue weighted by Crippen LogP contribution is 2.26. The zero-order valence-electron chi connectivity index (χ0n) is 15.1. The number of ether oxygens (including phenoxy) is 1. The summed E-state index contributed by atoms with van der Waals surface area (Å²) in [6.07, 6.45) is 1.46. The van der Waals surface area contributed by atoms with Crippen LogP contribution in [0, 0.1) is 13.8 Å². The van der Waals surface area contributed by atoms with Crippen molar-refractivity contribution in [2.24, 2.45) is 0 Å². The number of hydrogen-bond acceptors (Lipinski definition) is 7. The maximum Gasteiger partial charge on any atom is 0.337 e. The predicted octanol–water partition coefficient (Wildman–Crippen LogP) is 4.42. The second-order valence-electron chi connectivity index (χ2n) is 5.90. The first-order valence-electron chi connectivity index (χ1n) is 8.15. The Labute approximate surface area is 161 Å². The standard InChI is InChI=1S/C19H18ClN5O2/c1-11-4-6-14(8-12(11)2)22-19-24-17(10-21-25-19)23-16-9-13(18(26)27-3)5-7-15(16)20/h4-10H,1-3H3,(H2,22,23,24,25). The Kier molecular flexibility index (Phi) is 5.52. The number of anilines is 4. The smallest absolute Gasteiger partial charge is 0.337 e. The zero-order chi connectivity index (χ0) is 19.4. The van der Waals surface area contributed by atoms with Crippen LogP contribution in [0.15, 0.2) is 42.6 Å². The highest BCUT2D eigenvalue weighted by molar-refractivity contribution is 6.33. The summed E-state index contributed by atoms with van der Waals surface area (Å²) in [6.45, 7) is 4.09. The van der Waals surface area contributed by atoms with Gasteiger partial charge in [0.05, 0.1) is 29.6 Å². The number of benzene rings is 2. The van der Waals surface area contributed by atoms with Gasteiger partial charge in [-0.25, -0.2) is 4.79 Å². The van der Waals surface area contributed by atoms with Crippen LogP contribution in [-0.2, 0) is 4.74 Å². The van der Waals surface area contributed by atoms with Crippen LogP contribution < -0.4 is 10.6 Å². The van der Waals surface area contributed by atoms with Crippen molar-refractivity contribution in [1.29, 1.82) is 0 Å². The normalized spacial score (nSPS) is 10.4. The molecule has 0 radical (unpaired) electrons. The summed E-state index contributed by atoms with van der Waals surface area (Å²) in [4.78, 5) is 16.1. The van der Waals surface area contributed by atoms with Crippen LogP contribution >= 0.6 is 11.6 Å². The summed E-state index contributed by atoms with van der Waals surface area (Å²) < 4.78 is 4.73. The van der Waals surface area contributed by atoms with Crippen LogP contribution in [0.25, 0.3) is 0 Å². The van der Waals surface area contributed by atoms with E-state index >= 15 is 0 Å². The van der Waals surface area contributed by atoms with Crippen molar-refractivity contribution in [2.75, 3.05) is 17.7 Å². The molecule has 0 spiro atoms. The molecule has 1 heterocycles. The largest absolute Gasteiger partial charge is 0.465 e. The van der Waals surface area contributed by atoms with Gasteiger partial charge in [-0.3, -0.25) is 0 Å². The Bertz CT molecular complexity index is 994. The summed E-state index contributed by atoms with van der Waals surface area (Å²) in [5.74, 6) is 0.316. The molecule has 0 unspecified atom stereocenters. The molecule has 7 nitrogen and oxygen atoms in total. The van der Waals surface area contributed by atoms with Gasteiger partial charge in [0.1, 0.15) is 0 Å². The maximum atomic E-state index is 11.7. The van der Waals surface area contributed by atoms with Crippen molar-refractivity contribution in [1.82, 2.24) is 15.2 Å². The molecule has 1 aromatic heterocycles. The van der Waals surface area contributed by atoms with Gasteiger partial charge in [-0.15, -0.1) is 5.10 Å². The summed E-state index contributed by atoms with van der Waals surface area (Å²) in [7, 11) is 1.32. The second-order valence-corrected chi connectivity index (χ2v) is 6.31. The molecule has 0 amide bonds. The molecule has 0 aliphatic rings. The molecule has 27 heavy (non-hydrogen) atoms. The molecule has 3 aromatic rings. The minimum Gasteiger partial charge on any atom is -0.465 e. The van der Waals surface area contributed by atoms with E-state index in [-0.39, 0.29) is 0 Å². The van der Waals surface area contributed by atoms with E-state index in [1.165, 1.54) is 18.9 Å². The van der Waals surface area contributed by atoms with Crippen molar-refractivity contribution in [3.05, 3.63) is 64.3 Å². The first-order chi connectivity index (χ1) is 13.0. The van der Waals surface area contributed by atoms with E-state index in [1.54, 1.807) is 18.2 Å². The SMILES string of the molecule is COC(=O)c1ccc(Cl)c(Nc2cnnc(Nc3ccc(C)c(C)c3)n2)c1. The number of carbonyl (C=O) groups excluding carboxylic acids is 1. The Hall–Kier alpha value is -3.19.